The molecule has 0 aromatic heterocycles. The molecule has 0 N–H and O–H groups in total. The molecule has 1 heterocycles. The van der Waals surface area contributed by atoms with Gasteiger partial charge in [-0.3, -0.25) is 4.79 Å². The summed E-state index contributed by atoms with van der Waals surface area (Å²) >= 11 is 2.79. The van der Waals surface area contributed by atoms with Crippen molar-refractivity contribution in [3.05, 3.63) is 47.7 Å². The molecule has 1 aliphatic rings. The predicted octanol–water partition coefficient (Wildman–Crippen LogP) is 4.57. The Hall–Kier alpha value is -1.72. The summed E-state index contributed by atoms with van der Waals surface area (Å²) in [7, 11) is 1.64. The highest BCUT2D eigenvalue weighted by Crippen LogP contribution is 2.35. The van der Waals surface area contributed by atoms with Gasteiger partial charge < -0.3 is 4.74 Å². The number of aliphatic imine (C=N–C) groups is 1. The molecular weight excluding hydrogens is 314 g/mol. The van der Waals surface area contributed by atoms with Crippen molar-refractivity contribution < 1.29 is 9.53 Å². The van der Waals surface area contributed by atoms with E-state index >= 15 is 0 Å². The molecule has 0 unspecified atom stereocenters. The summed E-state index contributed by atoms with van der Waals surface area (Å²) in [6.45, 7) is 2.05. The Morgan fingerprint density at radius 3 is 2.86 bits per heavy atom. The minimum atomic E-state index is -0.00839. The second kappa shape index (κ2) is 6.58. The SMILES string of the molecule is CCSC1=N/C(=C\c2c(OC)ccc3ccccc23)C(=O)S1. The Balaban J connectivity index is 2.13. The highest BCUT2D eigenvalue weighted by molar-refractivity contribution is 8.45. The van der Waals surface area contributed by atoms with Crippen LogP contribution in [0.2, 0.25) is 0 Å². The standard InChI is InChI=1S/C17H15NO2S2/c1-3-21-17-18-14(16(19)22-17)10-13-12-7-5-4-6-11(12)8-9-15(13)20-2/h4-10H,3H2,1-2H3/b14-10-. The van der Waals surface area contributed by atoms with Gasteiger partial charge in [0.2, 0.25) is 5.12 Å². The number of carbonyl (C=O) groups is 1. The lowest BCUT2D eigenvalue weighted by Gasteiger charge is -2.09. The number of methoxy groups -OCH3 is 1. The summed E-state index contributed by atoms with van der Waals surface area (Å²) in [5, 5.41) is 2.16. The van der Waals surface area contributed by atoms with Gasteiger partial charge in [-0.05, 0) is 40.4 Å². The van der Waals surface area contributed by atoms with Gasteiger partial charge >= 0.3 is 0 Å². The van der Waals surface area contributed by atoms with E-state index in [1.165, 1.54) is 11.8 Å². The van der Waals surface area contributed by atoms with Crippen molar-refractivity contribution >= 4 is 49.9 Å². The maximum Gasteiger partial charge on any atom is 0.244 e. The minimum absolute atomic E-state index is 0.00839. The number of benzene rings is 2. The second-order valence-electron chi connectivity index (χ2n) is 4.63. The molecule has 0 radical (unpaired) electrons. The normalized spacial score (nSPS) is 16.4. The fourth-order valence-corrected chi connectivity index (χ4v) is 4.05. The molecule has 0 saturated carbocycles. The number of rotatable bonds is 3. The van der Waals surface area contributed by atoms with Crippen molar-refractivity contribution in [2.45, 2.75) is 6.92 Å². The van der Waals surface area contributed by atoms with Crippen LogP contribution in [-0.4, -0.2) is 22.4 Å². The lowest BCUT2D eigenvalue weighted by atomic mass is 10.0. The molecule has 0 saturated heterocycles. The first-order valence-corrected chi connectivity index (χ1v) is 8.74. The lowest BCUT2D eigenvalue weighted by Crippen LogP contribution is -1.92. The van der Waals surface area contributed by atoms with E-state index in [1.807, 2.05) is 49.4 Å². The van der Waals surface area contributed by atoms with E-state index in [0.29, 0.717) is 5.70 Å². The van der Waals surface area contributed by atoms with Gasteiger partial charge in [0.25, 0.3) is 0 Å². The van der Waals surface area contributed by atoms with E-state index in [2.05, 4.69) is 4.99 Å². The third-order valence-electron chi connectivity index (χ3n) is 3.30. The zero-order valence-electron chi connectivity index (χ0n) is 12.3. The van der Waals surface area contributed by atoms with E-state index in [-0.39, 0.29) is 5.12 Å². The van der Waals surface area contributed by atoms with Crippen LogP contribution < -0.4 is 4.74 Å². The van der Waals surface area contributed by atoms with Crippen LogP contribution >= 0.6 is 23.5 Å². The fourth-order valence-electron chi connectivity index (χ4n) is 2.31. The molecule has 2 aromatic carbocycles. The predicted molar refractivity (Wildman–Crippen MR) is 96.6 cm³/mol. The van der Waals surface area contributed by atoms with Crippen LogP contribution in [0.1, 0.15) is 12.5 Å². The molecule has 0 atom stereocenters. The Labute approximate surface area is 137 Å². The van der Waals surface area contributed by atoms with Crippen molar-refractivity contribution in [1.29, 1.82) is 0 Å². The molecular formula is C17H15NO2S2. The van der Waals surface area contributed by atoms with Crippen LogP contribution in [0.3, 0.4) is 0 Å². The van der Waals surface area contributed by atoms with Crippen LogP contribution in [0.15, 0.2) is 47.1 Å². The molecule has 3 nitrogen and oxygen atoms in total. The van der Waals surface area contributed by atoms with E-state index < -0.39 is 0 Å². The molecule has 22 heavy (non-hydrogen) atoms. The van der Waals surface area contributed by atoms with Crippen molar-refractivity contribution in [3.63, 3.8) is 0 Å². The largest absolute Gasteiger partial charge is 0.496 e. The van der Waals surface area contributed by atoms with Gasteiger partial charge in [0, 0.05) is 5.56 Å². The molecule has 0 bridgehead atoms. The van der Waals surface area contributed by atoms with Crippen LogP contribution in [-0.2, 0) is 4.79 Å². The fraction of sp³-hybridized carbons (Fsp3) is 0.176. The van der Waals surface area contributed by atoms with Gasteiger partial charge in [0.1, 0.15) is 15.8 Å². The van der Waals surface area contributed by atoms with Crippen LogP contribution in [0.25, 0.3) is 16.8 Å². The monoisotopic (exact) mass is 329 g/mol. The van der Waals surface area contributed by atoms with Gasteiger partial charge in [-0.1, -0.05) is 49.0 Å². The molecule has 0 spiro atoms. The number of fused-ring (bicyclic) bond motifs is 1. The number of nitrogens with zero attached hydrogens (tertiary/aromatic N) is 1. The third-order valence-corrected chi connectivity index (χ3v) is 5.19. The molecule has 112 valence electrons. The zero-order valence-corrected chi connectivity index (χ0v) is 14.0. The number of hydrogen-bond donors (Lipinski definition) is 0. The number of ether oxygens (including phenoxy) is 1. The van der Waals surface area contributed by atoms with E-state index in [4.69, 9.17) is 4.74 Å². The van der Waals surface area contributed by atoms with E-state index in [9.17, 15) is 4.79 Å². The first kappa shape index (κ1) is 15.2. The maximum absolute atomic E-state index is 12.1. The maximum atomic E-state index is 12.1. The van der Waals surface area contributed by atoms with Crippen LogP contribution in [0.4, 0.5) is 0 Å². The minimum Gasteiger partial charge on any atom is -0.496 e. The molecule has 5 heteroatoms. The van der Waals surface area contributed by atoms with Crippen LogP contribution in [0, 0.1) is 0 Å². The van der Waals surface area contributed by atoms with E-state index in [0.717, 1.165) is 32.2 Å². The average Bonchev–Trinajstić information content (AvgIpc) is 2.88. The van der Waals surface area contributed by atoms with Crippen molar-refractivity contribution in [3.8, 4) is 5.75 Å². The van der Waals surface area contributed by atoms with Gasteiger partial charge in [0.15, 0.2) is 0 Å². The molecule has 2 aromatic rings. The van der Waals surface area contributed by atoms with Gasteiger partial charge in [-0.2, -0.15) is 0 Å². The molecule has 0 aliphatic carbocycles. The summed E-state index contributed by atoms with van der Waals surface area (Å²) in [6, 6.07) is 12.0. The first-order chi connectivity index (χ1) is 10.7. The molecule has 1 aliphatic heterocycles. The molecule has 0 fully saturated rings. The Kier molecular flexibility index (Phi) is 4.55. The van der Waals surface area contributed by atoms with Crippen molar-refractivity contribution in [2.75, 3.05) is 12.9 Å². The lowest BCUT2D eigenvalue weighted by molar-refractivity contribution is -0.107. The quantitative estimate of drug-likeness (QED) is 0.773. The summed E-state index contributed by atoms with van der Waals surface area (Å²) in [6.07, 6.45) is 1.83. The second-order valence-corrected chi connectivity index (χ2v) is 7.11. The molecule has 3 rings (SSSR count). The Bertz CT molecular complexity index is 796. The average molecular weight is 329 g/mol. The van der Waals surface area contributed by atoms with Crippen molar-refractivity contribution in [1.82, 2.24) is 0 Å². The summed E-state index contributed by atoms with van der Waals surface area (Å²) in [4.78, 5) is 16.6. The van der Waals surface area contributed by atoms with Gasteiger partial charge in [0.05, 0.1) is 7.11 Å². The molecule has 0 amide bonds. The number of carbonyl (C=O) groups excluding carboxylic acids is 1. The van der Waals surface area contributed by atoms with Gasteiger partial charge in [-0.15, -0.1) is 0 Å². The smallest absolute Gasteiger partial charge is 0.244 e. The van der Waals surface area contributed by atoms with Gasteiger partial charge in [-0.25, -0.2) is 4.99 Å². The highest BCUT2D eigenvalue weighted by atomic mass is 32.2. The third kappa shape index (κ3) is 2.91. The summed E-state index contributed by atoms with van der Waals surface area (Å²) in [5.41, 5.74) is 1.38. The summed E-state index contributed by atoms with van der Waals surface area (Å²) < 4.78 is 6.27. The Morgan fingerprint density at radius 2 is 2.09 bits per heavy atom. The summed E-state index contributed by atoms with van der Waals surface area (Å²) in [5.74, 6) is 1.65. The topological polar surface area (TPSA) is 38.7 Å². The zero-order chi connectivity index (χ0) is 15.5. The Morgan fingerprint density at radius 1 is 1.27 bits per heavy atom. The van der Waals surface area contributed by atoms with Crippen LogP contribution in [0.5, 0.6) is 5.75 Å². The highest BCUT2D eigenvalue weighted by Gasteiger charge is 2.22. The first-order valence-electron chi connectivity index (χ1n) is 6.94. The number of hydrogen-bond acceptors (Lipinski definition) is 5. The van der Waals surface area contributed by atoms with E-state index in [1.54, 1.807) is 18.9 Å². The number of thioether (sulfide) groups is 2. The van der Waals surface area contributed by atoms with Crippen molar-refractivity contribution in [2.24, 2.45) is 4.99 Å².